The van der Waals surface area contributed by atoms with E-state index in [9.17, 15) is 9.59 Å². The molecule has 27 heavy (non-hydrogen) atoms. The molecule has 1 fully saturated rings. The van der Waals surface area contributed by atoms with Crippen LogP contribution in [0.25, 0.3) is 0 Å². The zero-order chi connectivity index (χ0) is 19.1. The molecule has 0 saturated carbocycles. The summed E-state index contributed by atoms with van der Waals surface area (Å²) >= 11 is 0. The zero-order valence-corrected chi connectivity index (χ0v) is 14.6. The van der Waals surface area contributed by atoms with Gasteiger partial charge in [0, 0.05) is 6.42 Å². The van der Waals surface area contributed by atoms with E-state index in [1.165, 1.54) is 0 Å². The van der Waals surface area contributed by atoms with E-state index in [2.05, 4.69) is 5.16 Å². The van der Waals surface area contributed by atoms with E-state index in [1.54, 1.807) is 6.92 Å². The van der Waals surface area contributed by atoms with Gasteiger partial charge in [-0.1, -0.05) is 65.8 Å². The summed E-state index contributed by atoms with van der Waals surface area (Å²) in [6.07, 6.45) is -0.746. The molecule has 0 radical (unpaired) electrons. The maximum absolute atomic E-state index is 11.9. The van der Waals surface area contributed by atoms with Gasteiger partial charge in [0.05, 0.1) is 5.54 Å². The Labute approximate surface area is 155 Å². The molecule has 2 unspecified atom stereocenters. The van der Waals surface area contributed by atoms with Crippen molar-refractivity contribution in [2.75, 3.05) is 0 Å². The van der Waals surface area contributed by atoms with Gasteiger partial charge in [0.15, 0.2) is 0 Å². The molecule has 0 aliphatic carbocycles. The Hall–Kier alpha value is -3.19. The van der Waals surface area contributed by atoms with Crippen LogP contribution in [0.2, 0.25) is 0 Å². The third-order valence-corrected chi connectivity index (χ3v) is 4.83. The number of rotatable bonds is 4. The molecule has 138 valence electrons. The number of oxime groups is 1. The lowest BCUT2D eigenvalue weighted by Crippen LogP contribution is -2.60. The van der Waals surface area contributed by atoms with Crippen LogP contribution >= 0.6 is 0 Å². The molecule has 0 amide bonds. The second-order valence-corrected chi connectivity index (χ2v) is 6.78. The van der Waals surface area contributed by atoms with Gasteiger partial charge < -0.3 is 20.0 Å². The summed E-state index contributed by atoms with van der Waals surface area (Å²) in [6.45, 7) is 1.72. The van der Waals surface area contributed by atoms with Crippen LogP contribution in [-0.4, -0.2) is 29.5 Å². The lowest BCUT2D eigenvalue weighted by molar-refractivity contribution is -0.195. The Balaban J connectivity index is 1.73. The van der Waals surface area contributed by atoms with Gasteiger partial charge in [-0.3, -0.25) is 0 Å². The maximum atomic E-state index is 11.9. The first-order valence-electron chi connectivity index (χ1n) is 8.51. The standard InChI is InChI=1S/C20H18N2O5/c1-19(21,14-10-6-3-7-11-14)18-20(25-16(23)17(24)26-20)15(22-27-18)12-13-8-4-2-5-9-13/h2-11,18H,12,21H2,1H3. The van der Waals surface area contributed by atoms with Crippen molar-refractivity contribution in [2.45, 2.75) is 30.8 Å². The van der Waals surface area contributed by atoms with Crippen LogP contribution in [0.5, 0.6) is 0 Å². The summed E-state index contributed by atoms with van der Waals surface area (Å²) in [5.74, 6) is -3.96. The molecule has 2 aliphatic heterocycles. The van der Waals surface area contributed by atoms with Gasteiger partial charge in [0.1, 0.15) is 5.71 Å². The van der Waals surface area contributed by atoms with Gasteiger partial charge in [-0.25, -0.2) is 9.59 Å². The molecule has 0 aromatic heterocycles. The molecule has 2 aromatic carbocycles. The zero-order valence-electron chi connectivity index (χ0n) is 14.6. The molecule has 2 heterocycles. The van der Waals surface area contributed by atoms with E-state index in [4.69, 9.17) is 20.0 Å². The van der Waals surface area contributed by atoms with E-state index in [1.807, 2.05) is 60.7 Å². The molecular weight excluding hydrogens is 348 g/mol. The van der Waals surface area contributed by atoms with Gasteiger partial charge in [-0.05, 0) is 18.1 Å². The van der Waals surface area contributed by atoms with Crippen molar-refractivity contribution in [1.29, 1.82) is 0 Å². The van der Waals surface area contributed by atoms with Gasteiger partial charge >= 0.3 is 17.7 Å². The third kappa shape index (κ3) is 2.76. The second kappa shape index (κ2) is 6.21. The van der Waals surface area contributed by atoms with Crippen molar-refractivity contribution in [1.82, 2.24) is 0 Å². The van der Waals surface area contributed by atoms with E-state index in [0.717, 1.165) is 11.1 Å². The summed E-state index contributed by atoms with van der Waals surface area (Å²) in [5, 5.41) is 4.09. The smallest absolute Gasteiger partial charge is 0.404 e. The first-order chi connectivity index (χ1) is 12.9. The molecule has 2 atom stereocenters. The van der Waals surface area contributed by atoms with Crippen molar-refractivity contribution < 1.29 is 23.9 Å². The minimum absolute atomic E-state index is 0.281. The van der Waals surface area contributed by atoms with Crippen LogP contribution in [0.15, 0.2) is 65.8 Å². The predicted molar refractivity (Wildman–Crippen MR) is 95.4 cm³/mol. The minimum atomic E-state index is -1.79. The second-order valence-electron chi connectivity index (χ2n) is 6.78. The van der Waals surface area contributed by atoms with Crippen LogP contribution in [0, 0.1) is 0 Å². The van der Waals surface area contributed by atoms with Crippen molar-refractivity contribution in [3.05, 3.63) is 71.8 Å². The number of carbonyl (C=O) groups excluding carboxylic acids is 2. The fourth-order valence-corrected chi connectivity index (χ4v) is 3.40. The number of benzene rings is 2. The summed E-state index contributed by atoms with van der Waals surface area (Å²) in [7, 11) is 0. The molecule has 1 spiro atoms. The Morgan fingerprint density at radius 1 is 1.00 bits per heavy atom. The highest BCUT2D eigenvalue weighted by Gasteiger charge is 2.67. The normalized spacial score (nSPS) is 22.6. The molecule has 7 heteroatoms. The van der Waals surface area contributed by atoms with Gasteiger partial charge in [-0.2, -0.15) is 0 Å². The molecule has 2 aromatic rings. The van der Waals surface area contributed by atoms with Crippen LogP contribution in [-0.2, 0) is 35.9 Å². The number of nitrogens with zero attached hydrogens (tertiary/aromatic N) is 1. The average molecular weight is 366 g/mol. The number of hydrogen-bond donors (Lipinski definition) is 1. The molecule has 4 rings (SSSR count). The van der Waals surface area contributed by atoms with Crippen molar-refractivity contribution in [3.63, 3.8) is 0 Å². The minimum Gasteiger partial charge on any atom is -0.404 e. The highest BCUT2D eigenvalue weighted by molar-refractivity contribution is 6.32. The molecule has 1 saturated heterocycles. The first-order valence-corrected chi connectivity index (χ1v) is 8.51. The van der Waals surface area contributed by atoms with Crippen molar-refractivity contribution >= 4 is 17.7 Å². The SMILES string of the molecule is CC(N)(c1ccccc1)C1ON=C(Cc2ccccc2)C12OC(=O)C(=O)O2. The quantitative estimate of drug-likeness (QED) is 0.652. The predicted octanol–water partition coefficient (Wildman–Crippen LogP) is 1.65. The number of carbonyl (C=O) groups is 2. The Bertz CT molecular complexity index is 892. The molecule has 0 bridgehead atoms. The highest BCUT2D eigenvalue weighted by atomic mass is 16.8. The summed E-state index contributed by atoms with van der Waals surface area (Å²) in [6, 6.07) is 18.6. The van der Waals surface area contributed by atoms with Gasteiger partial charge in [-0.15, -0.1) is 0 Å². The summed E-state index contributed by atoms with van der Waals surface area (Å²) < 4.78 is 10.8. The highest BCUT2D eigenvalue weighted by Crippen LogP contribution is 2.42. The van der Waals surface area contributed by atoms with E-state index < -0.39 is 29.4 Å². The van der Waals surface area contributed by atoms with Crippen molar-refractivity contribution in [2.24, 2.45) is 10.9 Å². The number of ether oxygens (including phenoxy) is 2. The number of esters is 2. The van der Waals surface area contributed by atoms with E-state index >= 15 is 0 Å². The Morgan fingerprint density at radius 3 is 2.15 bits per heavy atom. The lowest BCUT2D eigenvalue weighted by Gasteiger charge is -2.36. The Morgan fingerprint density at radius 2 is 1.56 bits per heavy atom. The van der Waals surface area contributed by atoms with Crippen LogP contribution in [0.1, 0.15) is 18.1 Å². The lowest BCUT2D eigenvalue weighted by atomic mass is 9.81. The fourth-order valence-electron chi connectivity index (χ4n) is 3.40. The van der Waals surface area contributed by atoms with E-state index in [0.29, 0.717) is 0 Å². The fraction of sp³-hybridized carbons (Fsp3) is 0.250. The average Bonchev–Trinajstić information content (AvgIpc) is 3.16. The molecule has 2 N–H and O–H groups in total. The largest absolute Gasteiger partial charge is 0.421 e. The van der Waals surface area contributed by atoms with E-state index in [-0.39, 0.29) is 12.1 Å². The molecular formula is C20H18N2O5. The van der Waals surface area contributed by atoms with Crippen molar-refractivity contribution in [3.8, 4) is 0 Å². The van der Waals surface area contributed by atoms with Crippen LogP contribution < -0.4 is 5.73 Å². The van der Waals surface area contributed by atoms with Crippen LogP contribution in [0.3, 0.4) is 0 Å². The number of nitrogens with two attached hydrogens (primary N) is 1. The summed E-state index contributed by atoms with van der Waals surface area (Å²) in [4.78, 5) is 29.4. The third-order valence-electron chi connectivity index (χ3n) is 4.83. The topological polar surface area (TPSA) is 100 Å². The number of hydrogen-bond acceptors (Lipinski definition) is 7. The van der Waals surface area contributed by atoms with Crippen LogP contribution in [0.4, 0.5) is 0 Å². The maximum Gasteiger partial charge on any atom is 0.421 e. The van der Waals surface area contributed by atoms with Gasteiger partial charge in [0.25, 0.3) is 0 Å². The summed E-state index contributed by atoms with van der Waals surface area (Å²) in [5.41, 5.74) is 7.33. The Kier molecular flexibility index (Phi) is 3.96. The molecule has 2 aliphatic rings. The first kappa shape index (κ1) is 17.2. The monoisotopic (exact) mass is 366 g/mol. The molecule has 7 nitrogen and oxygen atoms in total. The van der Waals surface area contributed by atoms with Gasteiger partial charge in [0.2, 0.25) is 6.10 Å².